The molecule has 0 heterocycles. The Kier molecular flexibility index (Phi) is 11.7. The van der Waals surface area contributed by atoms with Gasteiger partial charge >= 0.3 is 35.5 Å². The molecule has 1 aliphatic rings. The Bertz CT molecular complexity index is 899. The van der Waals surface area contributed by atoms with Gasteiger partial charge < -0.3 is 20.1 Å². The fraction of sp³-hybridized carbons (Fsp3) is 0.593. The van der Waals surface area contributed by atoms with Crippen molar-refractivity contribution in [2.24, 2.45) is 5.41 Å². The number of allylic oxidation sites excluding steroid dienone is 2. The molecule has 7 heteroatoms. The van der Waals surface area contributed by atoms with Crippen LogP contribution < -0.4 is 0 Å². The first-order chi connectivity index (χ1) is 15.4. The summed E-state index contributed by atoms with van der Waals surface area (Å²) in [7, 11) is 1.73. The summed E-state index contributed by atoms with van der Waals surface area (Å²) >= 11 is 0. The second-order valence-electron chi connectivity index (χ2n) is 9.73. The van der Waals surface area contributed by atoms with Crippen molar-refractivity contribution in [1.82, 2.24) is 0 Å². The van der Waals surface area contributed by atoms with Crippen LogP contribution in [0.2, 0.25) is 0 Å². The van der Waals surface area contributed by atoms with Crippen molar-refractivity contribution in [3.8, 4) is 0 Å². The van der Waals surface area contributed by atoms with E-state index in [9.17, 15) is 19.4 Å². The fourth-order valence-corrected chi connectivity index (χ4v) is 5.19. The number of carboxylic acids is 1. The van der Waals surface area contributed by atoms with E-state index in [2.05, 4.69) is 20.8 Å². The molecule has 1 aromatic rings. The van der Waals surface area contributed by atoms with Crippen LogP contribution in [-0.2, 0) is 9.53 Å². The van der Waals surface area contributed by atoms with Gasteiger partial charge in [-0.25, -0.2) is 4.39 Å². The van der Waals surface area contributed by atoms with Gasteiger partial charge in [0.1, 0.15) is 5.82 Å². The summed E-state index contributed by atoms with van der Waals surface area (Å²) in [6.45, 7) is 9.92. The second-order valence-corrected chi connectivity index (χ2v) is 9.73. The van der Waals surface area contributed by atoms with Crippen molar-refractivity contribution in [2.45, 2.75) is 91.0 Å². The Balaban J connectivity index is 0.00000578. The molecule has 0 radical (unpaired) electrons. The summed E-state index contributed by atoms with van der Waals surface area (Å²) < 4.78 is 20.4. The molecule has 0 fully saturated rings. The molecule has 0 aliphatic heterocycles. The summed E-state index contributed by atoms with van der Waals surface area (Å²) in [6.07, 6.45) is 4.18. The van der Waals surface area contributed by atoms with Crippen LogP contribution >= 0.6 is 0 Å². The number of halogens is 1. The van der Waals surface area contributed by atoms with E-state index in [0.717, 1.165) is 36.0 Å². The van der Waals surface area contributed by atoms with Crippen LogP contribution in [0.15, 0.2) is 29.9 Å². The Hall–Kier alpha value is -1.02. The molecule has 2 rings (SSSR count). The third kappa shape index (κ3) is 7.25. The summed E-state index contributed by atoms with van der Waals surface area (Å²) in [5.74, 6) is -1.31. The van der Waals surface area contributed by atoms with Crippen molar-refractivity contribution in [3.63, 3.8) is 0 Å². The number of ether oxygens (including phenoxy) is 1. The molecule has 3 atom stereocenters. The van der Waals surface area contributed by atoms with Gasteiger partial charge in [-0.1, -0.05) is 26.0 Å². The van der Waals surface area contributed by atoms with Crippen LogP contribution in [0.25, 0.3) is 5.57 Å². The minimum atomic E-state index is -1.12. The Morgan fingerprint density at radius 2 is 1.76 bits per heavy atom. The number of aliphatic hydroxyl groups excluding tert-OH is 2. The van der Waals surface area contributed by atoms with E-state index < -0.39 is 24.6 Å². The number of hydrogen-bond acceptors (Lipinski definition) is 4. The number of methoxy groups -OCH3 is 1. The molecule has 5 nitrogen and oxygen atoms in total. The molecule has 0 saturated heterocycles. The normalized spacial score (nSPS) is 21.9. The first-order valence-corrected chi connectivity index (χ1v) is 11.7. The molecule has 0 saturated carbocycles. The number of benzene rings is 1. The summed E-state index contributed by atoms with van der Waals surface area (Å²) in [5.41, 5.74) is 3.67. The van der Waals surface area contributed by atoms with Gasteiger partial charge in [-0.2, -0.15) is 0 Å². The average molecular weight is 487 g/mol. The van der Waals surface area contributed by atoms with Gasteiger partial charge in [-0.15, -0.1) is 0 Å². The predicted molar refractivity (Wildman–Crippen MR) is 136 cm³/mol. The van der Waals surface area contributed by atoms with Crippen LogP contribution in [0, 0.1) is 25.1 Å². The minimum absolute atomic E-state index is 0. The predicted octanol–water partition coefficient (Wildman–Crippen LogP) is 4.70. The molecule has 0 spiro atoms. The van der Waals surface area contributed by atoms with Crippen LogP contribution in [0.5, 0.6) is 0 Å². The number of aryl methyl sites for hydroxylation is 2. The van der Waals surface area contributed by atoms with E-state index in [-0.39, 0.29) is 52.8 Å². The first-order valence-electron chi connectivity index (χ1n) is 11.7. The SMILES string of the molecule is CCC1(CC)CC(C)(OC)CC(c2cc(C)c(F)c(C)c2)=C1C=CC(O)CC(O)CC(=O)O.[NaH]. The zero-order chi connectivity index (χ0) is 25.0. The van der Waals surface area contributed by atoms with E-state index in [1.807, 2.05) is 18.2 Å². The molecular weight excluding hydrogens is 446 g/mol. The van der Waals surface area contributed by atoms with Gasteiger partial charge in [0.05, 0.1) is 24.2 Å². The van der Waals surface area contributed by atoms with E-state index in [1.54, 1.807) is 27.0 Å². The molecule has 3 unspecified atom stereocenters. The molecular formula is C27H40FNaO5. The van der Waals surface area contributed by atoms with Crippen molar-refractivity contribution in [2.75, 3.05) is 7.11 Å². The molecule has 1 aliphatic carbocycles. The van der Waals surface area contributed by atoms with E-state index >= 15 is 0 Å². The molecule has 186 valence electrons. The Labute approximate surface area is 225 Å². The summed E-state index contributed by atoms with van der Waals surface area (Å²) in [6, 6.07) is 3.74. The number of aliphatic hydroxyl groups is 2. The maximum atomic E-state index is 14.4. The van der Waals surface area contributed by atoms with E-state index in [4.69, 9.17) is 9.84 Å². The third-order valence-electron chi connectivity index (χ3n) is 7.20. The van der Waals surface area contributed by atoms with Crippen molar-refractivity contribution < 1.29 is 29.2 Å². The average Bonchev–Trinajstić information content (AvgIpc) is 2.74. The molecule has 0 bridgehead atoms. The molecule has 1 aromatic carbocycles. The van der Waals surface area contributed by atoms with Gasteiger partial charge in [0.15, 0.2) is 0 Å². The molecule has 34 heavy (non-hydrogen) atoms. The topological polar surface area (TPSA) is 87.0 Å². The standard InChI is InChI=1S/C27H39FO5.Na.H/c1-7-27(8-2)16-26(5,33-6)15-22(19-11-17(3)25(28)18(4)12-19)23(27)10-9-20(29)13-21(30)14-24(31)32;;/h9-12,20-21,29-30H,7-8,13-16H2,1-6H3,(H,31,32);;. The number of carbonyl (C=O) groups is 1. The quantitative estimate of drug-likeness (QED) is 0.418. The van der Waals surface area contributed by atoms with Crippen molar-refractivity contribution >= 4 is 41.1 Å². The van der Waals surface area contributed by atoms with E-state index in [1.165, 1.54) is 0 Å². The summed E-state index contributed by atoms with van der Waals surface area (Å²) in [4.78, 5) is 10.8. The van der Waals surface area contributed by atoms with Crippen LogP contribution in [0.1, 0.15) is 76.0 Å². The second kappa shape index (κ2) is 12.8. The van der Waals surface area contributed by atoms with Gasteiger partial charge in [0, 0.05) is 20.0 Å². The third-order valence-corrected chi connectivity index (χ3v) is 7.20. The van der Waals surface area contributed by atoms with Gasteiger partial charge in [-0.05, 0) is 85.4 Å². The monoisotopic (exact) mass is 486 g/mol. The van der Waals surface area contributed by atoms with Crippen molar-refractivity contribution in [1.29, 1.82) is 0 Å². The first kappa shape index (κ1) is 31.0. The van der Waals surface area contributed by atoms with Gasteiger partial charge in [-0.3, -0.25) is 4.79 Å². The Morgan fingerprint density at radius 3 is 2.24 bits per heavy atom. The number of aliphatic carboxylic acids is 1. The zero-order valence-corrected chi connectivity index (χ0v) is 20.7. The molecule has 0 amide bonds. The Morgan fingerprint density at radius 1 is 1.21 bits per heavy atom. The van der Waals surface area contributed by atoms with E-state index in [0.29, 0.717) is 17.5 Å². The molecule has 0 aromatic heterocycles. The van der Waals surface area contributed by atoms with Gasteiger partial charge in [0.25, 0.3) is 0 Å². The number of hydrogen-bond donors (Lipinski definition) is 3. The number of carboxylic acid groups (broad SMARTS) is 1. The number of rotatable bonds is 10. The van der Waals surface area contributed by atoms with Crippen LogP contribution in [0.4, 0.5) is 4.39 Å². The zero-order valence-electron chi connectivity index (χ0n) is 20.7. The van der Waals surface area contributed by atoms with Crippen LogP contribution in [-0.4, -0.2) is 75.8 Å². The summed E-state index contributed by atoms with van der Waals surface area (Å²) in [5, 5.41) is 29.2. The van der Waals surface area contributed by atoms with Crippen molar-refractivity contribution in [3.05, 3.63) is 52.4 Å². The fourth-order valence-electron chi connectivity index (χ4n) is 5.19. The van der Waals surface area contributed by atoms with Gasteiger partial charge in [0.2, 0.25) is 0 Å². The maximum absolute atomic E-state index is 14.4. The van der Waals surface area contributed by atoms with Crippen LogP contribution in [0.3, 0.4) is 0 Å². The molecule has 3 N–H and O–H groups in total.